The smallest absolute Gasteiger partial charge is 0.297 e. The zero-order valence-corrected chi connectivity index (χ0v) is 11.3. The summed E-state index contributed by atoms with van der Waals surface area (Å²) in [6.45, 7) is 5.65. The lowest BCUT2D eigenvalue weighted by atomic mass is 9.86. The molecule has 0 bridgehead atoms. The van der Waals surface area contributed by atoms with E-state index in [1.807, 2.05) is 0 Å². The third kappa shape index (κ3) is 2.33. The molecule has 1 aromatic rings. The molecule has 5 nitrogen and oxygen atoms in total. The zero-order valence-electron chi connectivity index (χ0n) is 11.3. The van der Waals surface area contributed by atoms with E-state index >= 15 is 0 Å². The SMILES string of the molecule is CC(C)(C)n1nnnc1C1(C(F)(F)F)CCCCN1. The average Bonchev–Trinajstić information content (AvgIpc) is 2.77. The van der Waals surface area contributed by atoms with Crippen LogP contribution < -0.4 is 5.32 Å². The van der Waals surface area contributed by atoms with Crippen molar-refractivity contribution in [1.29, 1.82) is 0 Å². The van der Waals surface area contributed by atoms with Gasteiger partial charge in [0.2, 0.25) is 0 Å². The normalized spacial score (nSPS) is 25.6. The Labute approximate surface area is 109 Å². The maximum absolute atomic E-state index is 13.6. The number of nitrogens with one attached hydrogen (secondary N) is 1. The molecular formula is C11H18F3N5. The van der Waals surface area contributed by atoms with E-state index in [-0.39, 0.29) is 12.2 Å². The first-order valence-electron chi connectivity index (χ1n) is 6.29. The van der Waals surface area contributed by atoms with Crippen LogP contribution in [0.1, 0.15) is 45.9 Å². The third-order valence-corrected chi connectivity index (χ3v) is 3.38. The number of tetrazole rings is 1. The van der Waals surface area contributed by atoms with Gasteiger partial charge in [0.15, 0.2) is 11.4 Å². The van der Waals surface area contributed by atoms with Crippen LogP contribution in [0.3, 0.4) is 0 Å². The standard InChI is InChI=1S/C11H18F3N5/c1-9(2,3)19-8(16-17-18-19)10(11(12,13)14)6-4-5-7-15-10/h15H,4-7H2,1-3H3. The molecule has 0 radical (unpaired) electrons. The van der Waals surface area contributed by atoms with Crippen molar-refractivity contribution in [1.82, 2.24) is 25.5 Å². The summed E-state index contributed by atoms with van der Waals surface area (Å²) >= 11 is 0. The van der Waals surface area contributed by atoms with Gasteiger partial charge in [0, 0.05) is 0 Å². The molecule has 0 aliphatic carbocycles. The van der Waals surface area contributed by atoms with Crippen LogP contribution in [0.15, 0.2) is 0 Å². The summed E-state index contributed by atoms with van der Waals surface area (Å²) in [4.78, 5) is 0. The second kappa shape index (κ2) is 4.43. The Morgan fingerprint density at radius 3 is 2.37 bits per heavy atom. The second-order valence-electron chi connectivity index (χ2n) is 5.87. The highest BCUT2D eigenvalue weighted by molar-refractivity contribution is 5.12. The van der Waals surface area contributed by atoms with Gasteiger partial charge < -0.3 is 0 Å². The van der Waals surface area contributed by atoms with Crippen molar-refractivity contribution in [3.05, 3.63) is 5.82 Å². The number of alkyl halides is 3. The van der Waals surface area contributed by atoms with Crippen LogP contribution in [0.4, 0.5) is 13.2 Å². The molecule has 108 valence electrons. The first-order valence-corrected chi connectivity index (χ1v) is 6.29. The molecular weight excluding hydrogens is 259 g/mol. The molecule has 0 spiro atoms. The van der Waals surface area contributed by atoms with Gasteiger partial charge in [-0.05, 0) is 57.0 Å². The van der Waals surface area contributed by atoms with E-state index in [9.17, 15) is 13.2 Å². The van der Waals surface area contributed by atoms with Crippen LogP contribution >= 0.6 is 0 Å². The lowest BCUT2D eigenvalue weighted by Crippen LogP contribution is -2.58. The highest BCUT2D eigenvalue weighted by atomic mass is 19.4. The first kappa shape index (κ1) is 14.2. The quantitative estimate of drug-likeness (QED) is 0.852. The summed E-state index contributed by atoms with van der Waals surface area (Å²) in [6.07, 6.45) is -3.23. The van der Waals surface area contributed by atoms with Crippen LogP contribution in [0.5, 0.6) is 0 Å². The molecule has 1 N–H and O–H groups in total. The van der Waals surface area contributed by atoms with Crippen LogP contribution in [0, 0.1) is 0 Å². The van der Waals surface area contributed by atoms with Crippen molar-refractivity contribution in [3.63, 3.8) is 0 Å². The van der Waals surface area contributed by atoms with E-state index in [1.54, 1.807) is 20.8 Å². The van der Waals surface area contributed by atoms with Crippen molar-refractivity contribution >= 4 is 0 Å². The molecule has 1 aromatic heterocycles. The monoisotopic (exact) mass is 277 g/mol. The highest BCUT2D eigenvalue weighted by Crippen LogP contribution is 2.44. The summed E-state index contributed by atoms with van der Waals surface area (Å²) in [5, 5.41) is 13.4. The van der Waals surface area contributed by atoms with Gasteiger partial charge in [-0.25, -0.2) is 4.68 Å². The molecule has 1 atom stereocenters. The number of hydrogen-bond donors (Lipinski definition) is 1. The van der Waals surface area contributed by atoms with Crippen LogP contribution in [-0.2, 0) is 11.1 Å². The number of hydrogen-bond acceptors (Lipinski definition) is 4. The summed E-state index contributed by atoms with van der Waals surface area (Å²) in [5.41, 5.74) is -2.74. The molecule has 8 heteroatoms. The lowest BCUT2D eigenvalue weighted by molar-refractivity contribution is -0.211. The maximum Gasteiger partial charge on any atom is 0.413 e. The minimum absolute atomic E-state index is 0.0348. The van der Waals surface area contributed by atoms with Gasteiger partial charge in [-0.3, -0.25) is 5.32 Å². The highest BCUT2D eigenvalue weighted by Gasteiger charge is 2.59. The molecule has 2 rings (SSSR count). The number of halogens is 3. The second-order valence-corrected chi connectivity index (χ2v) is 5.87. The van der Waals surface area contributed by atoms with E-state index in [4.69, 9.17) is 0 Å². The van der Waals surface area contributed by atoms with Crippen LogP contribution in [0.25, 0.3) is 0 Å². The van der Waals surface area contributed by atoms with Gasteiger partial charge in [-0.2, -0.15) is 13.2 Å². The third-order valence-electron chi connectivity index (χ3n) is 3.38. The zero-order chi connectivity index (χ0) is 14.3. The summed E-state index contributed by atoms with van der Waals surface area (Å²) in [5.74, 6) is -0.146. The Morgan fingerprint density at radius 2 is 1.89 bits per heavy atom. The average molecular weight is 277 g/mol. The van der Waals surface area contributed by atoms with E-state index < -0.39 is 17.3 Å². The number of piperidine rings is 1. The maximum atomic E-state index is 13.6. The fraction of sp³-hybridized carbons (Fsp3) is 0.909. The summed E-state index contributed by atoms with van der Waals surface area (Å²) in [7, 11) is 0. The molecule has 2 heterocycles. The van der Waals surface area contributed by atoms with E-state index in [2.05, 4.69) is 20.8 Å². The fourth-order valence-corrected chi connectivity index (χ4v) is 2.37. The predicted octanol–water partition coefficient (Wildman–Crippen LogP) is 1.96. The molecule has 1 aliphatic heterocycles. The molecule has 1 aliphatic rings. The van der Waals surface area contributed by atoms with E-state index in [1.165, 1.54) is 4.68 Å². The van der Waals surface area contributed by atoms with Crippen molar-refractivity contribution in [2.45, 2.75) is 57.3 Å². The molecule has 1 saturated heterocycles. The van der Waals surface area contributed by atoms with Crippen molar-refractivity contribution < 1.29 is 13.2 Å². The van der Waals surface area contributed by atoms with Gasteiger partial charge in [0.25, 0.3) is 0 Å². The molecule has 0 saturated carbocycles. The Hall–Kier alpha value is -1.18. The van der Waals surface area contributed by atoms with E-state index in [0.29, 0.717) is 13.0 Å². The Bertz CT molecular complexity index is 440. The predicted molar refractivity (Wildman–Crippen MR) is 62.4 cm³/mol. The molecule has 1 fully saturated rings. The molecule has 1 unspecified atom stereocenters. The van der Waals surface area contributed by atoms with Gasteiger partial charge in [-0.15, -0.1) is 5.10 Å². The Morgan fingerprint density at radius 1 is 1.21 bits per heavy atom. The number of rotatable bonds is 1. The molecule has 19 heavy (non-hydrogen) atoms. The minimum atomic E-state index is -4.43. The van der Waals surface area contributed by atoms with Gasteiger partial charge >= 0.3 is 6.18 Å². The molecule has 0 aromatic carbocycles. The Balaban J connectivity index is 2.54. The minimum Gasteiger partial charge on any atom is -0.297 e. The fourth-order valence-electron chi connectivity index (χ4n) is 2.37. The molecule has 0 amide bonds. The number of aromatic nitrogens is 4. The van der Waals surface area contributed by atoms with Gasteiger partial charge in [0.1, 0.15) is 0 Å². The lowest BCUT2D eigenvalue weighted by Gasteiger charge is -2.39. The van der Waals surface area contributed by atoms with Gasteiger partial charge in [-0.1, -0.05) is 0 Å². The van der Waals surface area contributed by atoms with Gasteiger partial charge in [0.05, 0.1) is 5.54 Å². The Kier molecular flexibility index (Phi) is 3.32. The first-order chi connectivity index (χ1) is 8.68. The van der Waals surface area contributed by atoms with E-state index in [0.717, 1.165) is 6.42 Å². The summed E-state index contributed by atoms with van der Waals surface area (Å²) < 4.78 is 41.9. The van der Waals surface area contributed by atoms with Crippen molar-refractivity contribution in [2.75, 3.05) is 6.54 Å². The topological polar surface area (TPSA) is 55.6 Å². The largest absolute Gasteiger partial charge is 0.413 e. The summed E-state index contributed by atoms with van der Waals surface area (Å²) in [6, 6.07) is 0. The van der Waals surface area contributed by atoms with Crippen LogP contribution in [0.2, 0.25) is 0 Å². The van der Waals surface area contributed by atoms with Crippen molar-refractivity contribution in [2.24, 2.45) is 0 Å². The number of nitrogens with zero attached hydrogens (tertiary/aromatic N) is 4. The van der Waals surface area contributed by atoms with Crippen LogP contribution in [-0.4, -0.2) is 32.9 Å². The van der Waals surface area contributed by atoms with Crippen molar-refractivity contribution in [3.8, 4) is 0 Å².